The van der Waals surface area contributed by atoms with Crippen LogP contribution in [-0.4, -0.2) is 68.6 Å². The highest BCUT2D eigenvalue weighted by molar-refractivity contribution is 5.68. The van der Waals surface area contributed by atoms with Crippen molar-refractivity contribution in [3.05, 3.63) is 11.6 Å². The molecule has 1 saturated carbocycles. The lowest BCUT2D eigenvalue weighted by molar-refractivity contribution is -0.127. The van der Waals surface area contributed by atoms with E-state index in [1.165, 1.54) is 5.57 Å². The van der Waals surface area contributed by atoms with Gasteiger partial charge in [-0.3, -0.25) is 0 Å². The topological polar surface area (TPSA) is 89.6 Å². The summed E-state index contributed by atoms with van der Waals surface area (Å²) in [6.07, 6.45) is 2.43. The van der Waals surface area contributed by atoms with Crippen LogP contribution in [0.25, 0.3) is 0 Å². The number of ether oxygens (including phenoxy) is 4. The number of carbonyl (C=O) groups excluding carboxylic acids is 1. The molecule has 7 nitrogen and oxygen atoms in total. The van der Waals surface area contributed by atoms with Gasteiger partial charge in [-0.1, -0.05) is 32.4 Å². The Morgan fingerprint density at radius 1 is 1.30 bits per heavy atom. The second kappa shape index (κ2) is 10.9. The molecule has 0 aromatic rings. The highest BCUT2D eigenvalue weighted by Crippen LogP contribution is 2.51. The van der Waals surface area contributed by atoms with Crippen molar-refractivity contribution in [3.63, 3.8) is 0 Å². The van der Waals surface area contributed by atoms with Crippen LogP contribution in [0.15, 0.2) is 11.6 Å². The summed E-state index contributed by atoms with van der Waals surface area (Å²) in [5.41, 5.74) is 0.901. The summed E-state index contributed by atoms with van der Waals surface area (Å²) in [5.74, 6) is 0.122. The third-order valence-corrected chi connectivity index (χ3v) is 6.62. The summed E-state index contributed by atoms with van der Waals surface area (Å²) >= 11 is 0. The number of hydrogen-bond acceptors (Lipinski definition) is 6. The molecule has 174 valence electrons. The van der Waals surface area contributed by atoms with Crippen molar-refractivity contribution in [2.45, 2.75) is 83.8 Å². The van der Waals surface area contributed by atoms with E-state index in [2.05, 4.69) is 11.4 Å². The first-order valence-corrected chi connectivity index (χ1v) is 11.1. The number of allylic oxidation sites excluding steroid dienone is 1. The molecule has 2 N–H and O–H groups in total. The smallest absolute Gasteiger partial charge is 0.407 e. The zero-order valence-corrected chi connectivity index (χ0v) is 19.6. The monoisotopic (exact) mass is 427 g/mol. The Morgan fingerprint density at radius 3 is 2.47 bits per heavy atom. The first kappa shape index (κ1) is 25.1. The third kappa shape index (κ3) is 6.19. The van der Waals surface area contributed by atoms with Gasteiger partial charge in [0.15, 0.2) is 0 Å². The third-order valence-electron chi connectivity index (χ3n) is 6.62. The zero-order chi connectivity index (χ0) is 22.5. The van der Waals surface area contributed by atoms with Gasteiger partial charge in [-0.25, -0.2) is 4.79 Å². The molecular formula is C23H41NO6. The Hall–Kier alpha value is -1.15. The summed E-state index contributed by atoms with van der Waals surface area (Å²) in [6.45, 7) is 11.2. The number of aliphatic hydroxyl groups excluding tert-OH is 1. The van der Waals surface area contributed by atoms with E-state index in [0.717, 1.165) is 6.42 Å². The maximum absolute atomic E-state index is 12.6. The average molecular weight is 428 g/mol. The quantitative estimate of drug-likeness (QED) is 0.411. The van der Waals surface area contributed by atoms with Gasteiger partial charge in [0.2, 0.25) is 0 Å². The summed E-state index contributed by atoms with van der Waals surface area (Å²) < 4.78 is 22.8. The lowest BCUT2D eigenvalue weighted by Crippen LogP contribution is -2.55. The van der Waals surface area contributed by atoms with E-state index in [4.69, 9.17) is 18.9 Å². The number of rotatable bonds is 10. The van der Waals surface area contributed by atoms with E-state index >= 15 is 0 Å². The fourth-order valence-corrected chi connectivity index (χ4v) is 4.59. The number of alkyl carbamates (subject to hydrolysis) is 1. The van der Waals surface area contributed by atoms with E-state index in [1.807, 2.05) is 34.6 Å². The van der Waals surface area contributed by atoms with Crippen LogP contribution in [0.4, 0.5) is 4.79 Å². The summed E-state index contributed by atoms with van der Waals surface area (Å²) in [7, 11) is 3.26. The fraction of sp³-hybridized carbons (Fsp3) is 0.870. The molecule has 2 aliphatic rings. The van der Waals surface area contributed by atoms with E-state index in [-0.39, 0.29) is 41.6 Å². The predicted octanol–water partition coefficient (Wildman–Crippen LogP) is 3.30. The van der Waals surface area contributed by atoms with Crippen LogP contribution in [0.1, 0.15) is 53.9 Å². The van der Waals surface area contributed by atoms with Gasteiger partial charge in [0.25, 0.3) is 0 Å². The largest absolute Gasteiger partial charge is 0.443 e. The first-order valence-electron chi connectivity index (χ1n) is 11.1. The van der Waals surface area contributed by atoms with Gasteiger partial charge >= 0.3 is 6.09 Å². The zero-order valence-electron chi connectivity index (χ0n) is 19.6. The van der Waals surface area contributed by atoms with Crippen molar-refractivity contribution in [2.75, 3.05) is 27.4 Å². The Morgan fingerprint density at radius 2 is 1.97 bits per heavy atom. The van der Waals surface area contributed by atoms with E-state index < -0.39 is 12.2 Å². The van der Waals surface area contributed by atoms with Gasteiger partial charge in [0.1, 0.15) is 12.2 Å². The van der Waals surface area contributed by atoms with Gasteiger partial charge in [-0.2, -0.15) is 0 Å². The normalized spacial score (nSPS) is 31.2. The maximum Gasteiger partial charge on any atom is 0.407 e. The minimum Gasteiger partial charge on any atom is -0.443 e. The first-order chi connectivity index (χ1) is 14.1. The van der Waals surface area contributed by atoms with Gasteiger partial charge in [0, 0.05) is 20.1 Å². The van der Waals surface area contributed by atoms with Crippen LogP contribution in [0.2, 0.25) is 0 Å². The number of epoxide rings is 1. The van der Waals surface area contributed by atoms with Crippen LogP contribution < -0.4 is 5.32 Å². The molecule has 1 aliphatic carbocycles. The molecule has 2 rings (SSSR count). The minimum absolute atomic E-state index is 0.0468. The van der Waals surface area contributed by atoms with Crippen molar-refractivity contribution < 1.29 is 28.8 Å². The molecule has 1 spiro atoms. The maximum atomic E-state index is 12.6. The molecule has 7 atom stereocenters. The minimum atomic E-state index is -0.511. The van der Waals surface area contributed by atoms with Crippen LogP contribution in [-0.2, 0) is 18.9 Å². The lowest BCUT2D eigenvalue weighted by atomic mass is 9.68. The molecule has 30 heavy (non-hydrogen) atoms. The number of aliphatic hydroxyl groups is 1. The molecule has 1 aliphatic heterocycles. The number of amides is 1. The SMILES string of the molecule is COC[C@H](NC(=O)OC1CC[C@]2(CO2)C([C@H](C)[C@H](O)CC=C(C)C)C1OC)C(C)C. The van der Waals surface area contributed by atoms with Crippen LogP contribution in [0, 0.1) is 17.8 Å². The molecule has 1 amide bonds. The molecule has 2 fully saturated rings. The second-order valence-electron chi connectivity index (χ2n) is 9.46. The van der Waals surface area contributed by atoms with Crippen molar-refractivity contribution >= 4 is 6.09 Å². The number of carbonyl (C=O) groups is 1. The second-order valence-corrected chi connectivity index (χ2v) is 9.46. The van der Waals surface area contributed by atoms with Gasteiger partial charge < -0.3 is 29.4 Å². The van der Waals surface area contributed by atoms with Gasteiger partial charge in [-0.05, 0) is 44.9 Å². The fourth-order valence-electron chi connectivity index (χ4n) is 4.59. The molecule has 3 unspecified atom stereocenters. The highest BCUT2D eigenvalue weighted by Gasteiger charge is 2.61. The molecule has 0 bridgehead atoms. The van der Waals surface area contributed by atoms with Crippen LogP contribution in [0.5, 0.6) is 0 Å². The van der Waals surface area contributed by atoms with Crippen LogP contribution >= 0.6 is 0 Å². The average Bonchev–Trinajstić information content (AvgIpc) is 3.46. The summed E-state index contributed by atoms with van der Waals surface area (Å²) in [4.78, 5) is 12.6. The van der Waals surface area contributed by atoms with E-state index in [0.29, 0.717) is 26.1 Å². The molecule has 0 aromatic heterocycles. The molecule has 0 radical (unpaired) electrons. The molecule has 1 heterocycles. The Balaban J connectivity index is 2.09. The molecule has 7 heteroatoms. The van der Waals surface area contributed by atoms with Gasteiger partial charge in [-0.15, -0.1) is 0 Å². The number of nitrogens with one attached hydrogen (secondary N) is 1. The predicted molar refractivity (Wildman–Crippen MR) is 115 cm³/mol. The van der Waals surface area contributed by atoms with Crippen molar-refractivity contribution in [2.24, 2.45) is 17.8 Å². The molecule has 0 aromatic carbocycles. The summed E-state index contributed by atoms with van der Waals surface area (Å²) in [6, 6.07) is -0.120. The Labute approximate surface area is 181 Å². The Bertz CT molecular complexity index is 584. The van der Waals surface area contributed by atoms with Crippen molar-refractivity contribution in [1.29, 1.82) is 0 Å². The molecule has 1 saturated heterocycles. The molecular weight excluding hydrogens is 386 g/mol. The van der Waals surface area contributed by atoms with Crippen molar-refractivity contribution in [1.82, 2.24) is 5.32 Å². The van der Waals surface area contributed by atoms with E-state index in [1.54, 1.807) is 14.2 Å². The van der Waals surface area contributed by atoms with Gasteiger partial charge in [0.05, 0.1) is 31.0 Å². The van der Waals surface area contributed by atoms with Crippen molar-refractivity contribution in [3.8, 4) is 0 Å². The standard InChI is InChI=1S/C23H41NO6/c1-14(2)8-9-18(25)16(5)20-21(28-7)19(10-11-23(20)13-29-23)30-22(26)24-17(12-27-6)15(3)4/h8,15-21,25H,9-13H2,1-7H3,(H,24,26)/t16-,17+,18-,19?,20?,21?,23+/m1/s1. The highest BCUT2D eigenvalue weighted by atomic mass is 16.6. The number of hydrogen-bond donors (Lipinski definition) is 2. The number of methoxy groups -OCH3 is 2. The Kier molecular flexibility index (Phi) is 9.15. The van der Waals surface area contributed by atoms with E-state index in [9.17, 15) is 9.90 Å². The van der Waals surface area contributed by atoms with Crippen LogP contribution in [0.3, 0.4) is 0 Å². The lowest BCUT2D eigenvalue weighted by Gasteiger charge is -2.44. The summed E-state index contributed by atoms with van der Waals surface area (Å²) in [5, 5.41) is 13.7.